The average Bonchev–Trinajstić information content (AvgIpc) is 2.30. The van der Waals surface area contributed by atoms with E-state index in [4.69, 9.17) is 5.11 Å². The molecule has 104 valence electrons. The van der Waals surface area contributed by atoms with Gasteiger partial charge in [0, 0.05) is 18.6 Å². The smallest absolute Gasteiger partial charge is 0.326 e. The van der Waals surface area contributed by atoms with E-state index in [0.717, 1.165) is 11.8 Å². The van der Waals surface area contributed by atoms with E-state index in [9.17, 15) is 14.4 Å². The van der Waals surface area contributed by atoms with Crippen LogP contribution in [0.1, 0.15) is 20.3 Å². The van der Waals surface area contributed by atoms with Crippen molar-refractivity contribution in [2.75, 3.05) is 17.8 Å². The van der Waals surface area contributed by atoms with Gasteiger partial charge in [-0.3, -0.25) is 9.59 Å². The summed E-state index contributed by atoms with van der Waals surface area (Å²) in [5.41, 5.74) is 0. The van der Waals surface area contributed by atoms with Crippen LogP contribution in [0.3, 0.4) is 0 Å². The van der Waals surface area contributed by atoms with Crippen molar-refractivity contribution in [3.8, 4) is 0 Å². The molecule has 0 rings (SSSR count). The number of carboxylic acids is 1. The molecule has 2 N–H and O–H groups in total. The third-order valence-corrected chi connectivity index (χ3v) is 3.93. The van der Waals surface area contributed by atoms with Gasteiger partial charge in [-0.25, -0.2) is 4.79 Å². The molecule has 0 heterocycles. The van der Waals surface area contributed by atoms with Crippen LogP contribution in [0.2, 0.25) is 0 Å². The predicted molar refractivity (Wildman–Crippen MR) is 74.9 cm³/mol. The lowest BCUT2D eigenvalue weighted by Crippen LogP contribution is -2.44. The Hall–Kier alpha value is -0.690. The molecule has 1 amide bonds. The van der Waals surface area contributed by atoms with Gasteiger partial charge in [0.1, 0.15) is 6.04 Å². The predicted octanol–water partition coefficient (Wildman–Crippen LogP) is 1.22. The van der Waals surface area contributed by atoms with E-state index in [0.29, 0.717) is 17.9 Å². The van der Waals surface area contributed by atoms with Crippen LogP contribution in [0.15, 0.2) is 0 Å². The maximum absolute atomic E-state index is 11.7. The first-order chi connectivity index (χ1) is 8.38. The van der Waals surface area contributed by atoms with E-state index < -0.39 is 12.0 Å². The summed E-state index contributed by atoms with van der Waals surface area (Å²) in [6.45, 7) is 3.12. The lowest BCUT2D eigenvalue weighted by Gasteiger charge is -2.17. The molecule has 0 fully saturated rings. The zero-order valence-corrected chi connectivity index (χ0v) is 12.4. The first kappa shape index (κ1) is 17.3. The summed E-state index contributed by atoms with van der Waals surface area (Å²) in [5.74, 6) is -0.680. The normalized spacial score (nSPS) is 13.7. The van der Waals surface area contributed by atoms with E-state index in [-0.39, 0.29) is 16.9 Å². The monoisotopic (exact) mass is 293 g/mol. The molecule has 0 aromatic rings. The molecule has 7 heteroatoms. The highest BCUT2D eigenvalue weighted by Gasteiger charge is 2.22. The highest BCUT2D eigenvalue weighted by Crippen LogP contribution is 2.10. The number of carboxylic acid groups (broad SMARTS) is 1. The van der Waals surface area contributed by atoms with Crippen molar-refractivity contribution in [2.24, 2.45) is 5.92 Å². The standard InChI is InChI=1S/C11H19NO4S2/c1-7(6-18-8(2)13)10(14)12-9(11(15)16)4-5-17-3/h7,9H,4-6H2,1-3H3,(H,12,14)(H,15,16)/t7?,9-/m0/s1. The van der Waals surface area contributed by atoms with Gasteiger partial charge in [-0.1, -0.05) is 18.7 Å². The number of aliphatic carboxylic acids is 1. The number of amides is 1. The van der Waals surface area contributed by atoms with Gasteiger partial charge in [-0.15, -0.1) is 0 Å². The van der Waals surface area contributed by atoms with Gasteiger partial charge in [0.25, 0.3) is 0 Å². The number of nitrogens with one attached hydrogen (secondary N) is 1. The average molecular weight is 293 g/mol. The second-order valence-electron chi connectivity index (χ2n) is 3.88. The van der Waals surface area contributed by atoms with Crippen molar-refractivity contribution >= 4 is 40.5 Å². The summed E-state index contributed by atoms with van der Waals surface area (Å²) in [6.07, 6.45) is 2.28. The lowest BCUT2D eigenvalue weighted by molar-refractivity contribution is -0.142. The summed E-state index contributed by atoms with van der Waals surface area (Å²) < 4.78 is 0. The van der Waals surface area contributed by atoms with Gasteiger partial charge in [0.2, 0.25) is 5.91 Å². The molecule has 0 saturated carbocycles. The first-order valence-electron chi connectivity index (χ1n) is 5.54. The number of hydrogen-bond donors (Lipinski definition) is 2. The highest BCUT2D eigenvalue weighted by atomic mass is 32.2. The van der Waals surface area contributed by atoms with Crippen LogP contribution in [-0.4, -0.2) is 45.9 Å². The van der Waals surface area contributed by atoms with Crippen LogP contribution in [0.25, 0.3) is 0 Å². The molecular weight excluding hydrogens is 274 g/mol. The van der Waals surface area contributed by atoms with E-state index in [2.05, 4.69) is 5.32 Å². The number of hydrogen-bond acceptors (Lipinski definition) is 5. The lowest BCUT2D eigenvalue weighted by atomic mass is 10.1. The Morgan fingerprint density at radius 3 is 2.39 bits per heavy atom. The molecule has 0 radical (unpaired) electrons. The zero-order chi connectivity index (χ0) is 14.1. The van der Waals surface area contributed by atoms with Crippen molar-refractivity contribution in [3.05, 3.63) is 0 Å². The molecule has 18 heavy (non-hydrogen) atoms. The minimum atomic E-state index is -1.02. The van der Waals surface area contributed by atoms with E-state index in [1.54, 1.807) is 6.92 Å². The van der Waals surface area contributed by atoms with Crippen LogP contribution in [0.4, 0.5) is 0 Å². The van der Waals surface area contributed by atoms with Crippen molar-refractivity contribution in [3.63, 3.8) is 0 Å². The Kier molecular flexibility index (Phi) is 8.91. The molecule has 0 spiro atoms. The maximum atomic E-state index is 11.7. The number of rotatable bonds is 8. The molecule has 2 atom stereocenters. The molecule has 0 aliphatic carbocycles. The summed E-state index contributed by atoms with van der Waals surface area (Å²) >= 11 is 2.60. The topological polar surface area (TPSA) is 83.5 Å². The van der Waals surface area contributed by atoms with Gasteiger partial charge < -0.3 is 10.4 Å². The Labute approximate surface area is 115 Å². The van der Waals surface area contributed by atoms with Crippen LogP contribution < -0.4 is 5.32 Å². The van der Waals surface area contributed by atoms with Crippen molar-refractivity contribution in [2.45, 2.75) is 26.3 Å². The largest absolute Gasteiger partial charge is 0.480 e. The summed E-state index contributed by atoms with van der Waals surface area (Å²) in [7, 11) is 0. The van der Waals surface area contributed by atoms with E-state index >= 15 is 0 Å². The van der Waals surface area contributed by atoms with Crippen LogP contribution in [-0.2, 0) is 14.4 Å². The van der Waals surface area contributed by atoms with Crippen molar-refractivity contribution in [1.29, 1.82) is 0 Å². The molecule has 0 aliphatic rings. The summed E-state index contributed by atoms with van der Waals surface area (Å²) in [4.78, 5) is 33.5. The van der Waals surface area contributed by atoms with Crippen LogP contribution in [0, 0.1) is 5.92 Å². The van der Waals surface area contributed by atoms with Crippen molar-refractivity contribution < 1.29 is 19.5 Å². The van der Waals surface area contributed by atoms with E-state index in [1.807, 2.05) is 6.26 Å². The summed E-state index contributed by atoms with van der Waals surface area (Å²) in [5, 5.41) is 11.4. The van der Waals surface area contributed by atoms with Crippen LogP contribution in [0.5, 0.6) is 0 Å². The molecule has 0 saturated heterocycles. The molecule has 5 nitrogen and oxygen atoms in total. The van der Waals surface area contributed by atoms with Gasteiger partial charge in [-0.2, -0.15) is 11.8 Å². The minimum absolute atomic E-state index is 0.0492. The van der Waals surface area contributed by atoms with Gasteiger partial charge >= 0.3 is 5.97 Å². The fourth-order valence-electron chi connectivity index (χ4n) is 1.13. The van der Waals surface area contributed by atoms with Crippen molar-refractivity contribution in [1.82, 2.24) is 5.32 Å². The third-order valence-electron chi connectivity index (χ3n) is 2.21. The summed E-state index contributed by atoms with van der Waals surface area (Å²) in [6, 6.07) is -0.852. The second-order valence-corrected chi connectivity index (χ2v) is 6.07. The molecule has 0 aliphatic heterocycles. The van der Waals surface area contributed by atoms with Gasteiger partial charge in [0.05, 0.1) is 0 Å². The number of thioether (sulfide) groups is 2. The highest BCUT2D eigenvalue weighted by molar-refractivity contribution is 8.13. The van der Waals surface area contributed by atoms with E-state index in [1.165, 1.54) is 18.7 Å². The SMILES string of the molecule is CSCC[C@H](NC(=O)C(C)CSC(C)=O)C(=O)O. The molecule has 0 bridgehead atoms. The quantitative estimate of drug-likeness (QED) is 0.700. The fourth-order valence-corrected chi connectivity index (χ4v) is 2.23. The zero-order valence-electron chi connectivity index (χ0n) is 10.8. The Bertz CT molecular complexity index is 309. The fraction of sp³-hybridized carbons (Fsp3) is 0.727. The minimum Gasteiger partial charge on any atom is -0.480 e. The first-order valence-corrected chi connectivity index (χ1v) is 7.92. The number of carbonyl (C=O) groups excluding carboxylic acids is 2. The Balaban J connectivity index is 4.22. The molecule has 0 aromatic heterocycles. The number of carbonyl (C=O) groups is 3. The Morgan fingerprint density at radius 2 is 1.94 bits per heavy atom. The van der Waals surface area contributed by atoms with Crippen LogP contribution >= 0.6 is 23.5 Å². The van der Waals surface area contributed by atoms with Gasteiger partial charge in [0.15, 0.2) is 5.12 Å². The molecular formula is C11H19NO4S2. The molecule has 0 aromatic carbocycles. The van der Waals surface area contributed by atoms with Gasteiger partial charge in [-0.05, 0) is 18.4 Å². The second kappa shape index (κ2) is 9.27. The molecule has 1 unspecified atom stereocenters. The Morgan fingerprint density at radius 1 is 1.33 bits per heavy atom. The maximum Gasteiger partial charge on any atom is 0.326 e. The third kappa shape index (κ3) is 7.60.